The van der Waals surface area contributed by atoms with Crippen molar-refractivity contribution >= 4 is 22.9 Å². The smallest absolute Gasteiger partial charge is 0.0931 e. The third kappa shape index (κ3) is 2.85. The minimum atomic E-state index is 0.220. The van der Waals surface area contributed by atoms with Crippen LogP contribution < -0.4 is 5.32 Å². The van der Waals surface area contributed by atoms with Gasteiger partial charge in [-0.25, -0.2) is 0 Å². The standard InChI is InChI=1S/C15H22ClNOS/c1-2-17-14(12-4-5-13(16)19-12)11-6-9-18-15(10-11)7-3-8-15/h4-5,11,14,17H,2-3,6-10H2,1H3. The molecular formula is C15H22ClNOS. The molecule has 1 saturated heterocycles. The fourth-order valence-electron chi connectivity index (χ4n) is 3.48. The molecule has 2 nitrogen and oxygen atoms in total. The molecule has 0 radical (unpaired) electrons. The Balaban J connectivity index is 1.75. The van der Waals surface area contributed by atoms with E-state index in [1.165, 1.54) is 30.6 Å². The quantitative estimate of drug-likeness (QED) is 0.889. The lowest BCUT2D eigenvalue weighted by Crippen LogP contribution is -2.47. The minimum absolute atomic E-state index is 0.220. The summed E-state index contributed by atoms with van der Waals surface area (Å²) in [6.45, 7) is 4.11. The van der Waals surface area contributed by atoms with E-state index in [2.05, 4.69) is 18.3 Å². The zero-order chi connectivity index (χ0) is 13.3. The van der Waals surface area contributed by atoms with E-state index in [4.69, 9.17) is 16.3 Å². The summed E-state index contributed by atoms with van der Waals surface area (Å²) in [5, 5.41) is 3.66. The van der Waals surface area contributed by atoms with Crippen LogP contribution in [-0.4, -0.2) is 18.8 Å². The molecule has 1 spiro atoms. The van der Waals surface area contributed by atoms with Gasteiger partial charge in [-0.3, -0.25) is 0 Å². The molecule has 1 saturated carbocycles. The Bertz CT molecular complexity index is 430. The van der Waals surface area contributed by atoms with E-state index >= 15 is 0 Å². The van der Waals surface area contributed by atoms with Crippen LogP contribution in [0.3, 0.4) is 0 Å². The van der Waals surface area contributed by atoms with Crippen LogP contribution in [0.5, 0.6) is 0 Å². The molecule has 1 aromatic heterocycles. The third-order valence-corrected chi connectivity index (χ3v) is 5.91. The highest BCUT2D eigenvalue weighted by atomic mass is 35.5. The van der Waals surface area contributed by atoms with Crippen molar-refractivity contribution in [3.8, 4) is 0 Å². The van der Waals surface area contributed by atoms with Crippen LogP contribution in [0.4, 0.5) is 0 Å². The summed E-state index contributed by atoms with van der Waals surface area (Å²) in [5.41, 5.74) is 0.220. The first-order valence-corrected chi connectivity index (χ1v) is 8.54. The topological polar surface area (TPSA) is 21.3 Å². The van der Waals surface area contributed by atoms with Crippen LogP contribution in [0.1, 0.15) is 49.9 Å². The lowest BCUT2D eigenvalue weighted by molar-refractivity contribution is -0.147. The van der Waals surface area contributed by atoms with E-state index in [1.54, 1.807) is 11.3 Å². The number of hydrogen-bond acceptors (Lipinski definition) is 3. The Morgan fingerprint density at radius 2 is 2.37 bits per heavy atom. The highest BCUT2D eigenvalue weighted by molar-refractivity contribution is 7.16. The second-order valence-corrected chi connectivity index (χ2v) is 7.56. The van der Waals surface area contributed by atoms with Crippen LogP contribution in [0, 0.1) is 5.92 Å². The average molecular weight is 300 g/mol. The molecule has 1 aromatic rings. The van der Waals surface area contributed by atoms with E-state index in [0.717, 1.165) is 23.9 Å². The van der Waals surface area contributed by atoms with E-state index in [9.17, 15) is 0 Å². The molecule has 0 amide bonds. The van der Waals surface area contributed by atoms with Crippen molar-refractivity contribution in [1.29, 1.82) is 0 Å². The largest absolute Gasteiger partial charge is 0.375 e. The van der Waals surface area contributed by atoms with Crippen LogP contribution in [-0.2, 0) is 4.74 Å². The lowest BCUT2D eigenvalue weighted by atomic mass is 9.70. The highest BCUT2D eigenvalue weighted by Gasteiger charge is 2.44. The van der Waals surface area contributed by atoms with Crippen molar-refractivity contribution in [1.82, 2.24) is 5.32 Å². The molecule has 106 valence electrons. The van der Waals surface area contributed by atoms with Gasteiger partial charge in [0.15, 0.2) is 0 Å². The molecule has 1 N–H and O–H groups in total. The Kier molecular flexibility index (Phi) is 4.18. The van der Waals surface area contributed by atoms with Gasteiger partial charge in [0.2, 0.25) is 0 Å². The van der Waals surface area contributed by atoms with Gasteiger partial charge in [-0.2, -0.15) is 0 Å². The summed E-state index contributed by atoms with van der Waals surface area (Å²) in [6.07, 6.45) is 6.22. The van der Waals surface area contributed by atoms with Crippen molar-refractivity contribution in [2.75, 3.05) is 13.2 Å². The lowest BCUT2D eigenvalue weighted by Gasteiger charge is -2.48. The Morgan fingerprint density at radius 3 is 2.95 bits per heavy atom. The van der Waals surface area contributed by atoms with Gasteiger partial charge in [0.1, 0.15) is 0 Å². The molecule has 2 fully saturated rings. The molecular weight excluding hydrogens is 278 g/mol. The maximum absolute atomic E-state index is 6.10. The molecule has 0 aromatic carbocycles. The SMILES string of the molecule is CCNC(c1ccc(Cl)s1)C1CCOC2(CCC2)C1. The summed E-state index contributed by atoms with van der Waals surface area (Å²) in [6, 6.07) is 4.65. The van der Waals surface area contributed by atoms with Crippen LogP contribution in [0.2, 0.25) is 4.34 Å². The molecule has 2 aliphatic rings. The summed E-state index contributed by atoms with van der Waals surface area (Å²) < 4.78 is 6.94. The van der Waals surface area contributed by atoms with E-state index < -0.39 is 0 Å². The monoisotopic (exact) mass is 299 g/mol. The van der Waals surface area contributed by atoms with E-state index in [-0.39, 0.29) is 5.60 Å². The molecule has 19 heavy (non-hydrogen) atoms. The number of halogens is 1. The van der Waals surface area contributed by atoms with Gasteiger partial charge < -0.3 is 10.1 Å². The van der Waals surface area contributed by atoms with Crippen LogP contribution in [0.15, 0.2) is 12.1 Å². The maximum atomic E-state index is 6.10. The number of rotatable bonds is 4. The highest BCUT2D eigenvalue weighted by Crippen LogP contribution is 2.47. The normalized spacial score (nSPS) is 27.2. The minimum Gasteiger partial charge on any atom is -0.375 e. The molecule has 0 bridgehead atoms. The van der Waals surface area contributed by atoms with Crippen molar-refractivity contribution in [3.63, 3.8) is 0 Å². The van der Waals surface area contributed by atoms with Crippen molar-refractivity contribution in [2.24, 2.45) is 5.92 Å². The predicted octanol–water partition coefficient (Wildman–Crippen LogP) is 4.40. The first-order chi connectivity index (χ1) is 9.22. The summed E-state index contributed by atoms with van der Waals surface area (Å²) >= 11 is 7.82. The first-order valence-electron chi connectivity index (χ1n) is 7.35. The van der Waals surface area contributed by atoms with Gasteiger partial charge in [-0.05, 0) is 56.7 Å². The molecule has 2 unspecified atom stereocenters. The fourth-order valence-corrected chi connectivity index (χ4v) is 4.71. The van der Waals surface area contributed by atoms with E-state index in [1.807, 2.05) is 6.07 Å². The van der Waals surface area contributed by atoms with Crippen LogP contribution in [0.25, 0.3) is 0 Å². The van der Waals surface area contributed by atoms with Gasteiger partial charge in [-0.15, -0.1) is 11.3 Å². The summed E-state index contributed by atoms with van der Waals surface area (Å²) in [4.78, 5) is 1.38. The Labute approximate surface area is 124 Å². The Hall–Kier alpha value is -0.0900. The van der Waals surface area contributed by atoms with Gasteiger partial charge in [0, 0.05) is 17.5 Å². The maximum Gasteiger partial charge on any atom is 0.0931 e. The fraction of sp³-hybridized carbons (Fsp3) is 0.733. The van der Waals surface area contributed by atoms with Gasteiger partial charge in [0.05, 0.1) is 9.94 Å². The summed E-state index contributed by atoms with van der Waals surface area (Å²) in [7, 11) is 0. The zero-order valence-electron chi connectivity index (χ0n) is 11.5. The molecule has 2 atom stereocenters. The first kappa shape index (κ1) is 13.9. The number of hydrogen-bond donors (Lipinski definition) is 1. The van der Waals surface area contributed by atoms with Crippen molar-refractivity contribution < 1.29 is 4.74 Å². The van der Waals surface area contributed by atoms with Gasteiger partial charge in [-0.1, -0.05) is 18.5 Å². The van der Waals surface area contributed by atoms with Crippen molar-refractivity contribution in [2.45, 2.75) is 50.7 Å². The molecule has 4 heteroatoms. The molecule has 3 rings (SSSR count). The summed E-state index contributed by atoms with van der Waals surface area (Å²) in [5.74, 6) is 0.684. The van der Waals surface area contributed by atoms with Gasteiger partial charge in [0.25, 0.3) is 0 Å². The second-order valence-electron chi connectivity index (χ2n) is 5.82. The molecule has 1 aliphatic heterocycles. The second kappa shape index (κ2) is 5.72. The Morgan fingerprint density at radius 1 is 1.53 bits per heavy atom. The predicted molar refractivity (Wildman–Crippen MR) is 81.0 cm³/mol. The molecule has 2 heterocycles. The average Bonchev–Trinajstić information content (AvgIpc) is 2.80. The molecule has 1 aliphatic carbocycles. The third-order valence-electron chi connectivity index (χ3n) is 4.59. The number of thiophene rings is 1. The number of ether oxygens (including phenoxy) is 1. The van der Waals surface area contributed by atoms with Crippen LogP contribution >= 0.6 is 22.9 Å². The number of nitrogens with one attached hydrogen (secondary N) is 1. The van der Waals surface area contributed by atoms with Crippen molar-refractivity contribution in [3.05, 3.63) is 21.3 Å². The van der Waals surface area contributed by atoms with Gasteiger partial charge >= 0.3 is 0 Å². The zero-order valence-corrected chi connectivity index (χ0v) is 13.0. The van der Waals surface area contributed by atoms with E-state index in [0.29, 0.717) is 12.0 Å².